The van der Waals surface area contributed by atoms with E-state index in [0.717, 1.165) is 5.92 Å². The third-order valence-corrected chi connectivity index (χ3v) is 7.25. The zero-order valence-electron chi connectivity index (χ0n) is 11.1. The monoisotopic (exact) mass is 246 g/mol. The van der Waals surface area contributed by atoms with Crippen LogP contribution in [-0.4, -0.2) is 30.1 Å². The molecule has 0 aromatic carbocycles. The van der Waals surface area contributed by atoms with E-state index in [0.29, 0.717) is 5.54 Å². The Morgan fingerprint density at radius 3 is 2.06 bits per heavy atom. The summed E-state index contributed by atoms with van der Waals surface area (Å²) >= 11 is 0. The molecule has 0 spiro atoms. The van der Waals surface area contributed by atoms with Crippen LogP contribution in [0.5, 0.6) is 0 Å². The van der Waals surface area contributed by atoms with Gasteiger partial charge in [-0.05, 0) is 12.3 Å². The standard InChI is InChI=1S/C12H26O3Si/c1-5-8-11-9-6-7-10-12(11)16(13-2,14-3)15-4/h11-12H,5-10H2,1-4H3. The van der Waals surface area contributed by atoms with Gasteiger partial charge in [0.2, 0.25) is 0 Å². The van der Waals surface area contributed by atoms with Crippen molar-refractivity contribution in [1.29, 1.82) is 0 Å². The Morgan fingerprint density at radius 1 is 1.00 bits per heavy atom. The Labute approximate surface area is 101 Å². The lowest BCUT2D eigenvalue weighted by Gasteiger charge is -2.40. The average Bonchev–Trinajstić information content (AvgIpc) is 2.34. The average molecular weight is 246 g/mol. The van der Waals surface area contributed by atoms with Crippen molar-refractivity contribution >= 4 is 8.80 Å². The zero-order valence-corrected chi connectivity index (χ0v) is 12.1. The van der Waals surface area contributed by atoms with E-state index in [-0.39, 0.29) is 0 Å². The predicted octanol–water partition coefficient (Wildman–Crippen LogP) is 3.23. The van der Waals surface area contributed by atoms with Gasteiger partial charge in [-0.1, -0.05) is 39.0 Å². The topological polar surface area (TPSA) is 27.7 Å². The summed E-state index contributed by atoms with van der Waals surface area (Å²) in [6.45, 7) is 2.25. The predicted molar refractivity (Wildman–Crippen MR) is 67.4 cm³/mol. The normalized spacial score (nSPS) is 27.0. The Kier molecular flexibility index (Phi) is 5.96. The summed E-state index contributed by atoms with van der Waals surface area (Å²) in [5, 5.41) is 0. The lowest BCUT2D eigenvalue weighted by Crippen LogP contribution is -2.50. The van der Waals surface area contributed by atoms with Crippen LogP contribution >= 0.6 is 0 Å². The highest BCUT2D eigenvalue weighted by atomic mass is 28.4. The molecule has 4 heteroatoms. The molecule has 1 fully saturated rings. The first-order valence-corrected chi connectivity index (χ1v) is 8.19. The highest BCUT2D eigenvalue weighted by molar-refractivity contribution is 6.62. The molecule has 1 aliphatic rings. The van der Waals surface area contributed by atoms with Crippen LogP contribution in [0.15, 0.2) is 0 Å². The molecule has 0 aliphatic heterocycles. The van der Waals surface area contributed by atoms with E-state index >= 15 is 0 Å². The second kappa shape index (κ2) is 6.74. The second-order valence-electron chi connectivity index (χ2n) is 4.66. The van der Waals surface area contributed by atoms with Gasteiger partial charge in [0.25, 0.3) is 0 Å². The van der Waals surface area contributed by atoms with Crippen molar-refractivity contribution in [3.05, 3.63) is 0 Å². The molecule has 0 N–H and O–H groups in total. The molecule has 1 saturated carbocycles. The molecule has 0 aromatic heterocycles. The molecule has 96 valence electrons. The van der Waals surface area contributed by atoms with E-state index in [1.165, 1.54) is 38.5 Å². The van der Waals surface area contributed by atoms with Crippen molar-refractivity contribution < 1.29 is 13.3 Å². The SMILES string of the molecule is CCCC1CCCCC1[Si](OC)(OC)OC. The minimum atomic E-state index is -2.42. The summed E-state index contributed by atoms with van der Waals surface area (Å²) in [5.41, 5.74) is 0.501. The van der Waals surface area contributed by atoms with E-state index in [2.05, 4.69) is 6.92 Å². The molecule has 16 heavy (non-hydrogen) atoms. The smallest absolute Gasteiger partial charge is 0.377 e. The summed E-state index contributed by atoms with van der Waals surface area (Å²) in [4.78, 5) is 0. The van der Waals surface area contributed by atoms with E-state index in [9.17, 15) is 0 Å². The molecule has 1 rings (SSSR count). The van der Waals surface area contributed by atoms with E-state index in [1.54, 1.807) is 21.3 Å². The van der Waals surface area contributed by atoms with Crippen molar-refractivity contribution in [2.45, 2.75) is 51.0 Å². The molecule has 2 unspecified atom stereocenters. The van der Waals surface area contributed by atoms with Gasteiger partial charge in [-0.2, -0.15) is 0 Å². The molecule has 1 aliphatic carbocycles. The number of hydrogen-bond donors (Lipinski definition) is 0. The first-order valence-electron chi connectivity index (χ1n) is 6.39. The molecule has 0 saturated heterocycles. The van der Waals surface area contributed by atoms with Gasteiger partial charge in [0.05, 0.1) is 0 Å². The van der Waals surface area contributed by atoms with Gasteiger partial charge in [-0.25, -0.2) is 0 Å². The number of rotatable bonds is 6. The van der Waals surface area contributed by atoms with Crippen LogP contribution in [-0.2, 0) is 13.3 Å². The lowest BCUT2D eigenvalue weighted by molar-refractivity contribution is 0.0907. The van der Waals surface area contributed by atoms with Crippen molar-refractivity contribution in [2.24, 2.45) is 5.92 Å². The van der Waals surface area contributed by atoms with Gasteiger partial charge in [-0.3, -0.25) is 0 Å². The Morgan fingerprint density at radius 2 is 1.56 bits per heavy atom. The van der Waals surface area contributed by atoms with E-state index < -0.39 is 8.80 Å². The first kappa shape index (κ1) is 14.2. The fraction of sp³-hybridized carbons (Fsp3) is 1.00. The van der Waals surface area contributed by atoms with Crippen LogP contribution in [0.3, 0.4) is 0 Å². The molecule has 0 radical (unpaired) electrons. The van der Waals surface area contributed by atoms with Gasteiger partial charge in [0.1, 0.15) is 0 Å². The van der Waals surface area contributed by atoms with Crippen molar-refractivity contribution in [3.8, 4) is 0 Å². The molecule has 0 aromatic rings. The fourth-order valence-corrected chi connectivity index (χ4v) is 5.97. The molecule has 2 atom stereocenters. The summed E-state index contributed by atoms with van der Waals surface area (Å²) in [6.07, 6.45) is 7.66. The molecule has 0 bridgehead atoms. The zero-order chi connectivity index (χ0) is 12.0. The molecular weight excluding hydrogens is 220 g/mol. The van der Waals surface area contributed by atoms with Crippen molar-refractivity contribution in [2.75, 3.05) is 21.3 Å². The van der Waals surface area contributed by atoms with Gasteiger partial charge >= 0.3 is 8.80 Å². The molecule has 3 nitrogen and oxygen atoms in total. The van der Waals surface area contributed by atoms with Crippen molar-refractivity contribution in [3.63, 3.8) is 0 Å². The van der Waals surface area contributed by atoms with Crippen LogP contribution in [0.4, 0.5) is 0 Å². The molecular formula is C12H26O3Si. The highest BCUT2D eigenvalue weighted by Gasteiger charge is 2.50. The maximum atomic E-state index is 5.65. The van der Waals surface area contributed by atoms with Crippen LogP contribution in [0.1, 0.15) is 45.4 Å². The Bertz CT molecular complexity index is 184. The first-order chi connectivity index (χ1) is 7.74. The molecule has 0 heterocycles. The quantitative estimate of drug-likeness (QED) is 0.673. The van der Waals surface area contributed by atoms with Crippen LogP contribution in [0.25, 0.3) is 0 Å². The largest absolute Gasteiger partial charge is 0.503 e. The van der Waals surface area contributed by atoms with Crippen LogP contribution in [0, 0.1) is 5.92 Å². The van der Waals surface area contributed by atoms with Crippen molar-refractivity contribution in [1.82, 2.24) is 0 Å². The summed E-state index contributed by atoms with van der Waals surface area (Å²) in [7, 11) is 2.78. The van der Waals surface area contributed by atoms with Gasteiger partial charge in [0, 0.05) is 26.9 Å². The summed E-state index contributed by atoms with van der Waals surface area (Å²) in [5.74, 6) is 0.727. The molecule has 0 amide bonds. The van der Waals surface area contributed by atoms with Gasteiger partial charge in [0.15, 0.2) is 0 Å². The van der Waals surface area contributed by atoms with Gasteiger partial charge < -0.3 is 13.3 Å². The lowest BCUT2D eigenvalue weighted by atomic mass is 9.85. The second-order valence-corrected chi connectivity index (χ2v) is 7.83. The minimum Gasteiger partial charge on any atom is -0.377 e. The van der Waals surface area contributed by atoms with Crippen LogP contribution < -0.4 is 0 Å². The third-order valence-electron chi connectivity index (χ3n) is 3.88. The third kappa shape index (κ3) is 2.86. The maximum absolute atomic E-state index is 5.65. The minimum absolute atomic E-state index is 0.501. The summed E-state index contributed by atoms with van der Waals surface area (Å²) in [6, 6.07) is 0. The van der Waals surface area contributed by atoms with Gasteiger partial charge in [-0.15, -0.1) is 0 Å². The van der Waals surface area contributed by atoms with E-state index in [1.807, 2.05) is 0 Å². The summed E-state index contributed by atoms with van der Waals surface area (Å²) < 4.78 is 16.9. The maximum Gasteiger partial charge on any atom is 0.503 e. The number of hydrogen-bond acceptors (Lipinski definition) is 3. The van der Waals surface area contributed by atoms with Crippen LogP contribution in [0.2, 0.25) is 5.54 Å². The fourth-order valence-electron chi connectivity index (χ4n) is 3.09. The Hall–Kier alpha value is 0.0969. The Balaban J connectivity index is 2.78. The van der Waals surface area contributed by atoms with E-state index in [4.69, 9.17) is 13.3 Å². The highest BCUT2D eigenvalue weighted by Crippen LogP contribution is 2.44.